The van der Waals surface area contributed by atoms with Gasteiger partial charge in [0.15, 0.2) is 0 Å². The lowest BCUT2D eigenvalue weighted by Crippen LogP contribution is -2.03. The Bertz CT molecular complexity index is 499. The first-order chi connectivity index (χ1) is 8.27. The molecule has 3 heteroatoms. The number of aromatic nitrogens is 2. The van der Waals surface area contributed by atoms with E-state index in [-0.39, 0.29) is 0 Å². The Kier molecular flexibility index (Phi) is 3.67. The van der Waals surface area contributed by atoms with E-state index in [0.29, 0.717) is 0 Å². The predicted octanol–water partition coefficient (Wildman–Crippen LogP) is 3.37. The number of nitrogens with zero attached hydrogens (tertiary/aromatic N) is 2. The lowest BCUT2D eigenvalue weighted by atomic mass is 10.2. The molecule has 0 amide bonds. The lowest BCUT2D eigenvalue weighted by Gasteiger charge is -2.07. The van der Waals surface area contributed by atoms with Crippen molar-refractivity contribution in [2.45, 2.75) is 46.1 Å². The van der Waals surface area contributed by atoms with Gasteiger partial charge in [-0.15, -0.1) is 0 Å². The molecule has 0 saturated carbocycles. The van der Waals surface area contributed by atoms with Gasteiger partial charge in [0.25, 0.3) is 0 Å². The molecule has 0 aliphatic heterocycles. The summed E-state index contributed by atoms with van der Waals surface area (Å²) in [6.45, 7) is 5.45. The van der Waals surface area contributed by atoms with Crippen LogP contribution in [0, 0.1) is 0 Å². The van der Waals surface area contributed by atoms with E-state index in [4.69, 9.17) is 10.7 Å². The van der Waals surface area contributed by atoms with Crippen LogP contribution < -0.4 is 5.73 Å². The zero-order chi connectivity index (χ0) is 12.3. The van der Waals surface area contributed by atoms with Crippen LogP contribution >= 0.6 is 0 Å². The second-order valence-corrected chi connectivity index (χ2v) is 4.50. The van der Waals surface area contributed by atoms with Crippen molar-refractivity contribution in [1.82, 2.24) is 9.55 Å². The maximum atomic E-state index is 5.99. The molecule has 0 fully saturated rings. The third-order valence-corrected chi connectivity index (χ3v) is 3.10. The van der Waals surface area contributed by atoms with Crippen molar-refractivity contribution < 1.29 is 0 Å². The summed E-state index contributed by atoms with van der Waals surface area (Å²) >= 11 is 0. The summed E-state index contributed by atoms with van der Waals surface area (Å²) in [7, 11) is 0. The van der Waals surface area contributed by atoms with Gasteiger partial charge in [-0.3, -0.25) is 0 Å². The van der Waals surface area contributed by atoms with E-state index in [1.54, 1.807) is 0 Å². The molecule has 0 spiro atoms. The summed E-state index contributed by atoms with van der Waals surface area (Å²) in [6, 6.07) is 6.06. The number of aryl methyl sites for hydroxylation is 2. The summed E-state index contributed by atoms with van der Waals surface area (Å²) < 4.78 is 2.33. The fourth-order valence-corrected chi connectivity index (χ4v) is 2.20. The van der Waals surface area contributed by atoms with E-state index in [0.717, 1.165) is 30.6 Å². The smallest absolute Gasteiger partial charge is 0.112 e. The van der Waals surface area contributed by atoms with E-state index in [1.165, 1.54) is 24.2 Å². The highest BCUT2D eigenvalue weighted by Crippen LogP contribution is 2.23. The van der Waals surface area contributed by atoms with Crippen molar-refractivity contribution in [3.05, 3.63) is 24.0 Å². The zero-order valence-corrected chi connectivity index (χ0v) is 10.7. The number of nitrogen functional groups attached to an aromatic ring is 1. The highest BCUT2D eigenvalue weighted by molar-refractivity contribution is 5.87. The van der Waals surface area contributed by atoms with Gasteiger partial charge in [-0.25, -0.2) is 4.98 Å². The minimum Gasteiger partial charge on any atom is -0.397 e. The van der Waals surface area contributed by atoms with Crippen molar-refractivity contribution in [3.8, 4) is 0 Å². The van der Waals surface area contributed by atoms with E-state index < -0.39 is 0 Å². The largest absolute Gasteiger partial charge is 0.397 e. The second-order valence-electron chi connectivity index (χ2n) is 4.50. The number of hydrogen-bond acceptors (Lipinski definition) is 2. The Morgan fingerprint density at radius 3 is 2.76 bits per heavy atom. The van der Waals surface area contributed by atoms with Crippen LogP contribution in [0.25, 0.3) is 11.0 Å². The normalized spacial score (nSPS) is 11.2. The number of hydrogen-bond donors (Lipinski definition) is 1. The van der Waals surface area contributed by atoms with Crippen molar-refractivity contribution in [2.75, 3.05) is 5.73 Å². The Balaban J connectivity index is 2.50. The molecule has 1 aromatic heterocycles. The van der Waals surface area contributed by atoms with Crippen molar-refractivity contribution in [2.24, 2.45) is 0 Å². The van der Waals surface area contributed by atoms with Crippen LogP contribution in [0.15, 0.2) is 18.2 Å². The second kappa shape index (κ2) is 5.21. The maximum Gasteiger partial charge on any atom is 0.112 e. The molecule has 0 bridgehead atoms. The molecule has 0 aliphatic rings. The van der Waals surface area contributed by atoms with Crippen LogP contribution in [0.2, 0.25) is 0 Å². The number of imidazole rings is 1. The van der Waals surface area contributed by atoms with Crippen LogP contribution in [0.3, 0.4) is 0 Å². The minimum atomic E-state index is 0.787. The molecule has 92 valence electrons. The lowest BCUT2D eigenvalue weighted by molar-refractivity contribution is 0.611. The molecule has 1 heterocycles. The summed E-state index contributed by atoms with van der Waals surface area (Å²) in [5, 5.41) is 0. The van der Waals surface area contributed by atoms with Gasteiger partial charge in [0.05, 0.1) is 11.2 Å². The minimum absolute atomic E-state index is 0.787. The zero-order valence-electron chi connectivity index (χ0n) is 10.7. The highest BCUT2D eigenvalue weighted by atomic mass is 15.1. The van der Waals surface area contributed by atoms with Crippen LogP contribution in [-0.2, 0) is 13.0 Å². The number of para-hydroxylation sites is 1. The quantitative estimate of drug-likeness (QED) is 0.802. The van der Waals surface area contributed by atoms with Gasteiger partial charge in [-0.05, 0) is 25.0 Å². The summed E-state index contributed by atoms with van der Waals surface area (Å²) in [5.74, 6) is 1.17. The van der Waals surface area contributed by atoms with Crippen LogP contribution in [0.5, 0.6) is 0 Å². The fourth-order valence-electron chi connectivity index (χ4n) is 2.20. The van der Waals surface area contributed by atoms with Crippen LogP contribution in [-0.4, -0.2) is 9.55 Å². The van der Waals surface area contributed by atoms with Gasteiger partial charge in [0.1, 0.15) is 11.3 Å². The standard InChI is InChI=1S/C14H21N3/c1-3-5-10-17-12-9-6-8-11(15)14(12)16-13(17)7-4-2/h6,8-9H,3-5,7,10,15H2,1-2H3. The first-order valence-electron chi connectivity index (χ1n) is 6.51. The molecule has 1 aromatic carbocycles. The van der Waals surface area contributed by atoms with Gasteiger partial charge in [0.2, 0.25) is 0 Å². The van der Waals surface area contributed by atoms with E-state index in [9.17, 15) is 0 Å². The molecule has 0 aliphatic carbocycles. The number of anilines is 1. The van der Waals surface area contributed by atoms with Gasteiger partial charge >= 0.3 is 0 Å². The molecular formula is C14H21N3. The maximum absolute atomic E-state index is 5.99. The van der Waals surface area contributed by atoms with Gasteiger partial charge in [0, 0.05) is 13.0 Å². The average molecular weight is 231 g/mol. The molecule has 0 unspecified atom stereocenters. The van der Waals surface area contributed by atoms with Gasteiger partial charge in [-0.2, -0.15) is 0 Å². The number of benzene rings is 1. The Morgan fingerprint density at radius 2 is 2.06 bits per heavy atom. The monoisotopic (exact) mass is 231 g/mol. The van der Waals surface area contributed by atoms with Gasteiger partial charge < -0.3 is 10.3 Å². The average Bonchev–Trinajstić information content (AvgIpc) is 2.67. The van der Waals surface area contributed by atoms with Crippen molar-refractivity contribution in [3.63, 3.8) is 0 Å². The number of fused-ring (bicyclic) bond motifs is 1. The number of unbranched alkanes of at least 4 members (excludes halogenated alkanes) is 1. The first kappa shape index (κ1) is 12.0. The Hall–Kier alpha value is -1.51. The van der Waals surface area contributed by atoms with E-state index in [1.807, 2.05) is 12.1 Å². The van der Waals surface area contributed by atoms with Crippen molar-refractivity contribution >= 4 is 16.7 Å². The molecule has 0 radical (unpaired) electrons. The summed E-state index contributed by atoms with van der Waals surface area (Å²) in [4.78, 5) is 4.69. The van der Waals surface area contributed by atoms with E-state index >= 15 is 0 Å². The summed E-state index contributed by atoms with van der Waals surface area (Å²) in [5.41, 5.74) is 8.92. The fraction of sp³-hybridized carbons (Fsp3) is 0.500. The molecule has 0 saturated heterocycles. The molecular weight excluding hydrogens is 210 g/mol. The molecule has 17 heavy (non-hydrogen) atoms. The van der Waals surface area contributed by atoms with Gasteiger partial charge in [-0.1, -0.05) is 26.3 Å². The molecule has 2 aromatic rings. The molecule has 2 rings (SSSR count). The van der Waals surface area contributed by atoms with E-state index in [2.05, 4.69) is 24.5 Å². The predicted molar refractivity (Wildman–Crippen MR) is 73.0 cm³/mol. The number of rotatable bonds is 5. The number of nitrogens with two attached hydrogens (primary N) is 1. The highest BCUT2D eigenvalue weighted by Gasteiger charge is 2.11. The Labute approximate surface area is 103 Å². The molecule has 0 atom stereocenters. The SMILES string of the molecule is CCCCn1c(CCC)nc2c(N)cccc21. The van der Waals surface area contributed by atoms with Crippen molar-refractivity contribution in [1.29, 1.82) is 0 Å². The van der Waals surface area contributed by atoms with Crippen LogP contribution in [0.4, 0.5) is 5.69 Å². The third-order valence-electron chi connectivity index (χ3n) is 3.10. The Morgan fingerprint density at radius 1 is 1.24 bits per heavy atom. The molecule has 2 N–H and O–H groups in total. The summed E-state index contributed by atoms with van der Waals surface area (Å²) in [6.07, 6.45) is 4.54. The van der Waals surface area contributed by atoms with Crippen LogP contribution in [0.1, 0.15) is 38.9 Å². The first-order valence-corrected chi connectivity index (χ1v) is 6.51. The molecule has 3 nitrogen and oxygen atoms in total. The topological polar surface area (TPSA) is 43.8 Å². The third kappa shape index (κ3) is 2.28.